The fraction of sp³-hybridized carbons (Fsp3) is 0.158. The van der Waals surface area contributed by atoms with Crippen molar-refractivity contribution in [3.63, 3.8) is 0 Å². The van der Waals surface area contributed by atoms with E-state index in [-0.39, 0.29) is 23.5 Å². The number of benzene rings is 2. The quantitative estimate of drug-likeness (QED) is 0.514. The van der Waals surface area contributed by atoms with Crippen LogP contribution in [0.3, 0.4) is 0 Å². The van der Waals surface area contributed by atoms with Gasteiger partial charge in [-0.15, -0.1) is 0 Å². The Morgan fingerprint density at radius 3 is 2.40 bits per heavy atom. The zero-order chi connectivity index (χ0) is 18.4. The van der Waals surface area contributed by atoms with Crippen molar-refractivity contribution in [1.82, 2.24) is 0 Å². The van der Waals surface area contributed by atoms with Crippen molar-refractivity contribution >= 4 is 11.6 Å². The van der Waals surface area contributed by atoms with Crippen molar-refractivity contribution in [3.05, 3.63) is 64.7 Å². The van der Waals surface area contributed by atoms with Gasteiger partial charge in [-0.2, -0.15) is 8.78 Å². The number of aliphatic hydroxyl groups excluding tert-OH is 1. The number of ether oxygens (including phenoxy) is 1. The Morgan fingerprint density at radius 2 is 1.80 bits per heavy atom. The number of aliphatic hydroxyl groups is 1. The normalized spacial score (nSPS) is 10.1. The van der Waals surface area contributed by atoms with Gasteiger partial charge in [-0.3, -0.25) is 9.59 Å². The topological polar surface area (TPSA) is 63.6 Å². The van der Waals surface area contributed by atoms with Gasteiger partial charge in [0, 0.05) is 16.7 Å². The Kier molecular flexibility index (Phi) is 5.98. The molecule has 2 rings (SSSR count). The molecule has 0 spiro atoms. The molecule has 0 amide bonds. The fourth-order valence-corrected chi connectivity index (χ4v) is 2.16. The van der Waals surface area contributed by atoms with Gasteiger partial charge in [0.15, 0.2) is 0 Å². The third-order valence-electron chi connectivity index (χ3n) is 3.30. The number of hydrogen-bond donors (Lipinski definition) is 1. The standard InChI is InChI=1S/C19H14F2O4/c1-12-10-15(7-8-16(12)25-19(20)21)18(24)17(23)14-6-2-4-13(11-14)5-3-9-22/h2,4,6-8,10-11,19,22H,9H2,1H3. The summed E-state index contributed by atoms with van der Waals surface area (Å²) < 4.78 is 28.8. The first-order valence-corrected chi connectivity index (χ1v) is 7.26. The van der Waals surface area contributed by atoms with Crippen molar-refractivity contribution in [2.45, 2.75) is 13.5 Å². The van der Waals surface area contributed by atoms with Gasteiger partial charge in [0.2, 0.25) is 11.6 Å². The summed E-state index contributed by atoms with van der Waals surface area (Å²) in [6.45, 7) is -1.78. The lowest BCUT2D eigenvalue weighted by molar-refractivity contribution is -0.0502. The lowest BCUT2D eigenvalue weighted by Gasteiger charge is -2.09. The van der Waals surface area contributed by atoms with Gasteiger partial charge in [0.05, 0.1) is 0 Å². The summed E-state index contributed by atoms with van der Waals surface area (Å²) in [6, 6.07) is 9.96. The molecule has 2 aromatic rings. The molecule has 128 valence electrons. The summed E-state index contributed by atoms with van der Waals surface area (Å²) in [6.07, 6.45) is 0. The van der Waals surface area contributed by atoms with E-state index in [1.54, 1.807) is 12.1 Å². The molecule has 0 fully saturated rings. The summed E-state index contributed by atoms with van der Waals surface area (Å²) in [5, 5.41) is 8.69. The minimum absolute atomic E-state index is 0.0553. The molecule has 0 heterocycles. The molecule has 0 aliphatic carbocycles. The highest BCUT2D eigenvalue weighted by Crippen LogP contribution is 2.22. The lowest BCUT2D eigenvalue weighted by Crippen LogP contribution is -2.15. The van der Waals surface area contributed by atoms with Crippen LogP contribution in [-0.2, 0) is 0 Å². The summed E-state index contributed by atoms with van der Waals surface area (Å²) in [5.74, 6) is 3.55. The van der Waals surface area contributed by atoms with E-state index in [9.17, 15) is 18.4 Å². The second-order valence-electron chi connectivity index (χ2n) is 5.06. The minimum atomic E-state index is -2.97. The van der Waals surface area contributed by atoms with Crippen molar-refractivity contribution in [2.24, 2.45) is 0 Å². The molecule has 0 atom stereocenters. The van der Waals surface area contributed by atoms with E-state index >= 15 is 0 Å². The summed E-state index contributed by atoms with van der Waals surface area (Å²) in [4.78, 5) is 24.7. The molecular formula is C19H14F2O4. The van der Waals surface area contributed by atoms with Crippen LogP contribution < -0.4 is 4.74 Å². The summed E-state index contributed by atoms with van der Waals surface area (Å²) >= 11 is 0. The van der Waals surface area contributed by atoms with Gasteiger partial charge in [-0.25, -0.2) is 0 Å². The van der Waals surface area contributed by atoms with E-state index in [4.69, 9.17) is 5.11 Å². The number of alkyl halides is 2. The fourth-order valence-electron chi connectivity index (χ4n) is 2.16. The van der Waals surface area contributed by atoms with Crippen LogP contribution >= 0.6 is 0 Å². The van der Waals surface area contributed by atoms with E-state index in [2.05, 4.69) is 16.6 Å². The Balaban J connectivity index is 2.25. The zero-order valence-electron chi connectivity index (χ0n) is 13.3. The van der Waals surface area contributed by atoms with Crippen molar-refractivity contribution < 1.29 is 28.2 Å². The van der Waals surface area contributed by atoms with Crippen LogP contribution in [0.1, 0.15) is 31.8 Å². The molecule has 6 heteroatoms. The molecular weight excluding hydrogens is 330 g/mol. The number of carbonyl (C=O) groups is 2. The molecule has 0 aromatic heterocycles. The number of aryl methyl sites for hydroxylation is 1. The van der Waals surface area contributed by atoms with E-state index in [0.29, 0.717) is 11.1 Å². The predicted octanol–water partition coefficient (Wildman–Crippen LogP) is 3.01. The van der Waals surface area contributed by atoms with Gasteiger partial charge in [-0.1, -0.05) is 24.0 Å². The molecule has 0 aliphatic heterocycles. The average molecular weight is 344 g/mol. The highest BCUT2D eigenvalue weighted by molar-refractivity contribution is 6.49. The first-order chi connectivity index (χ1) is 11.9. The Bertz CT molecular complexity index is 863. The molecule has 0 unspecified atom stereocenters. The van der Waals surface area contributed by atoms with E-state index in [1.165, 1.54) is 37.3 Å². The number of halogens is 2. The Hall–Kier alpha value is -3.04. The van der Waals surface area contributed by atoms with Gasteiger partial charge >= 0.3 is 6.61 Å². The number of hydrogen-bond acceptors (Lipinski definition) is 4. The highest BCUT2D eigenvalue weighted by atomic mass is 19.3. The summed E-state index contributed by atoms with van der Waals surface area (Å²) in [7, 11) is 0. The summed E-state index contributed by atoms with van der Waals surface area (Å²) in [5.41, 5.74) is 1.04. The third-order valence-corrected chi connectivity index (χ3v) is 3.30. The lowest BCUT2D eigenvalue weighted by atomic mass is 9.99. The zero-order valence-corrected chi connectivity index (χ0v) is 13.3. The Labute approximate surface area is 143 Å². The van der Waals surface area contributed by atoms with Gasteiger partial charge in [0.25, 0.3) is 0 Å². The minimum Gasteiger partial charge on any atom is -0.435 e. The van der Waals surface area contributed by atoms with Crippen LogP contribution in [0.4, 0.5) is 8.78 Å². The number of ketones is 2. The molecule has 0 aliphatic rings. The van der Waals surface area contributed by atoms with Gasteiger partial charge < -0.3 is 9.84 Å². The maximum atomic E-state index is 12.3. The molecule has 2 aromatic carbocycles. The van der Waals surface area contributed by atoms with Crippen LogP contribution in [0.2, 0.25) is 0 Å². The third kappa shape index (κ3) is 4.72. The maximum absolute atomic E-state index is 12.3. The first-order valence-electron chi connectivity index (χ1n) is 7.26. The van der Waals surface area contributed by atoms with Crippen molar-refractivity contribution in [1.29, 1.82) is 0 Å². The van der Waals surface area contributed by atoms with Crippen LogP contribution in [-0.4, -0.2) is 29.9 Å². The average Bonchev–Trinajstić information content (AvgIpc) is 2.60. The molecule has 0 saturated carbocycles. The molecule has 0 bridgehead atoms. The monoisotopic (exact) mass is 344 g/mol. The molecule has 25 heavy (non-hydrogen) atoms. The highest BCUT2D eigenvalue weighted by Gasteiger charge is 2.20. The molecule has 4 nitrogen and oxygen atoms in total. The first kappa shape index (κ1) is 18.3. The van der Waals surface area contributed by atoms with Gasteiger partial charge in [-0.05, 0) is 42.8 Å². The number of Topliss-reactive ketones (excluding diaryl/α,β-unsaturated/α-hetero) is 2. The van der Waals surface area contributed by atoms with Gasteiger partial charge in [0.1, 0.15) is 12.4 Å². The predicted molar refractivity (Wildman–Crippen MR) is 86.9 cm³/mol. The number of carbonyl (C=O) groups excluding carboxylic acids is 2. The molecule has 1 N–H and O–H groups in total. The van der Waals surface area contributed by atoms with E-state index in [0.717, 1.165) is 0 Å². The van der Waals surface area contributed by atoms with Crippen LogP contribution in [0.15, 0.2) is 42.5 Å². The smallest absolute Gasteiger partial charge is 0.387 e. The largest absolute Gasteiger partial charge is 0.435 e. The second kappa shape index (κ2) is 8.18. The Morgan fingerprint density at radius 1 is 1.12 bits per heavy atom. The van der Waals surface area contributed by atoms with E-state index < -0.39 is 18.2 Å². The van der Waals surface area contributed by atoms with Crippen molar-refractivity contribution in [2.75, 3.05) is 6.61 Å². The van der Waals surface area contributed by atoms with Crippen molar-refractivity contribution in [3.8, 4) is 17.6 Å². The maximum Gasteiger partial charge on any atom is 0.387 e. The van der Waals surface area contributed by atoms with Crippen LogP contribution in [0, 0.1) is 18.8 Å². The second-order valence-corrected chi connectivity index (χ2v) is 5.06. The van der Waals surface area contributed by atoms with E-state index in [1.807, 2.05) is 0 Å². The van der Waals surface area contributed by atoms with Crippen LogP contribution in [0.25, 0.3) is 0 Å². The van der Waals surface area contributed by atoms with Crippen LogP contribution in [0.5, 0.6) is 5.75 Å². The molecule has 0 radical (unpaired) electrons. The molecule has 0 saturated heterocycles. The SMILES string of the molecule is Cc1cc(C(=O)C(=O)c2cccc(C#CCO)c2)ccc1OC(F)F. The number of rotatable bonds is 5.